The fourth-order valence-corrected chi connectivity index (χ4v) is 2.74. The minimum absolute atomic E-state index is 0.152. The second-order valence-corrected chi connectivity index (χ2v) is 7.61. The molecule has 0 aliphatic rings. The molecule has 0 saturated carbocycles. The van der Waals surface area contributed by atoms with Crippen molar-refractivity contribution < 1.29 is 19.4 Å². The number of rotatable bonds is 8. The molecule has 2 atom stereocenters. The van der Waals surface area contributed by atoms with Crippen LogP contribution >= 0.6 is 0 Å². The number of fused-ring (bicyclic) bond motifs is 1. The second kappa shape index (κ2) is 8.72. The van der Waals surface area contributed by atoms with E-state index in [1.807, 2.05) is 0 Å². The topological polar surface area (TPSA) is 125 Å². The highest BCUT2D eigenvalue weighted by atomic mass is 19.1. The summed E-state index contributed by atoms with van der Waals surface area (Å²) in [5.41, 5.74) is 0.827. The molecule has 3 rings (SSSR count). The maximum Gasteiger partial charge on any atom is 0.255 e. The first-order chi connectivity index (χ1) is 14.2. The zero-order valence-corrected chi connectivity index (χ0v) is 17.0. The lowest BCUT2D eigenvalue weighted by Gasteiger charge is -2.23. The number of carbonyl (C=O) groups excluding carboxylic acids is 1. The van der Waals surface area contributed by atoms with E-state index in [1.165, 1.54) is 20.0 Å². The van der Waals surface area contributed by atoms with Crippen LogP contribution in [0.3, 0.4) is 0 Å². The number of hydrogen-bond donors (Lipinski definition) is 4. The predicted octanol–water partition coefficient (Wildman–Crippen LogP) is 1.42. The lowest BCUT2D eigenvalue weighted by Crippen LogP contribution is -2.42. The van der Waals surface area contributed by atoms with Gasteiger partial charge in [0.05, 0.1) is 41.9 Å². The summed E-state index contributed by atoms with van der Waals surface area (Å²) in [7, 11) is 0. The number of alkyl halides is 1. The summed E-state index contributed by atoms with van der Waals surface area (Å²) >= 11 is 0. The third-order valence-electron chi connectivity index (χ3n) is 4.57. The summed E-state index contributed by atoms with van der Waals surface area (Å²) in [6.45, 7) is 3.92. The van der Waals surface area contributed by atoms with Gasteiger partial charge in [-0.3, -0.25) is 9.78 Å². The lowest BCUT2D eigenvalue weighted by atomic mass is 10.0. The highest BCUT2D eigenvalue weighted by molar-refractivity contribution is 6.00. The van der Waals surface area contributed by atoms with Crippen LogP contribution in [0.15, 0.2) is 36.8 Å². The number of aromatic nitrogens is 4. The van der Waals surface area contributed by atoms with E-state index < -0.39 is 17.7 Å². The number of anilines is 1. The summed E-state index contributed by atoms with van der Waals surface area (Å²) in [6, 6.07) is 4.90. The van der Waals surface area contributed by atoms with Crippen LogP contribution < -0.4 is 10.6 Å². The van der Waals surface area contributed by atoms with E-state index in [2.05, 4.69) is 25.7 Å². The van der Waals surface area contributed by atoms with E-state index in [1.54, 1.807) is 42.0 Å². The quantitative estimate of drug-likeness (QED) is 0.438. The van der Waals surface area contributed by atoms with E-state index in [0.717, 1.165) is 0 Å². The van der Waals surface area contributed by atoms with E-state index in [-0.39, 0.29) is 24.8 Å². The average Bonchev–Trinajstić information content (AvgIpc) is 3.15. The van der Waals surface area contributed by atoms with Gasteiger partial charge in [-0.1, -0.05) is 0 Å². The summed E-state index contributed by atoms with van der Waals surface area (Å²) in [5.74, 6) is -0.551. The molecule has 0 fully saturated rings. The number of aliphatic hydroxyl groups is 2. The smallest absolute Gasteiger partial charge is 0.255 e. The molecule has 10 heteroatoms. The Morgan fingerprint density at radius 1 is 1.33 bits per heavy atom. The van der Waals surface area contributed by atoms with Crippen molar-refractivity contribution in [3.05, 3.63) is 42.4 Å². The van der Waals surface area contributed by atoms with Gasteiger partial charge < -0.3 is 20.8 Å². The Hall–Kier alpha value is -3.11. The van der Waals surface area contributed by atoms with Gasteiger partial charge in [-0.25, -0.2) is 13.9 Å². The van der Waals surface area contributed by atoms with Crippen LogP contribution in [0.5, 0.6) is 0 Å². The Morgan fingerprint density at radius 2 is 2.10 bits per heavy atom. The maximum atomic E-state index is 14.0. The summed E-state index contributed by atoms with van der Waals surface area (Å²) in [6.07, 6.45) is 2.99. The normalized spacial score (nSPS) is 13.8. The number of hydrogen-bond acceptors (Lipinski definition) is 7. The van der Waals surface area contributed by atoms with E-state index >= 15 is 0 Å². The van der Waals surface area contributed by atoms with Crippen LogP contribution in [0.1, 0.15) is 31.1 Å². The number of pyridine rings is 1. The summed E-state index contributed by atoms with van der Waals surface area (Å²) in [4.78, 5) is 21.3. The van der Waals surface area contributed by atoms with Crippen LogP contribution in [-0.2, 0) is 0 Å². The number of imidazole rings is 1. The lowest BCUT2D eigenvalue weighted by molar-refractivity contribution is -0.00177. The van der Waals surface area contributed by atoms with Gasteiger partial charge in [0.1, 0.15) is 11.9 Å². The maximum absolute atomic E-state index is 14.0. The standard InChI is InChI=1S/C20H25FN6O3/c1-12(11-28)26-14-7-15(16-9-23-18-5-4-6-25-27(16)18)22-8-13(14)19(29)24-10-17(21)20(2,3)30/h4-9,12,17,28,30H,10-11H2,1-3H3,(H,22,26)(H,24,29)/t12-,17+/m0/s1. The van der Waals surface area contributed by atoms with Crippen molar-refractivity contribution in [1.29, 1.82) is 0 Å². The first-order valence-corrected chi connectivity index (χ1v) is 9.52. The largest absolute Gasteiger partial charge is 0.394 e. The molecule has 0 spiro atoms. The van der Waals surface area contributed by atoms with Crippen molar-refractivity contribution >= 4 is 17.2 Å². The molecule has 9 nitrogen and oxygen atoms in total. The van der Waals surface area contributed by atoms with Crippen molar-refractivity contribution in [3.63, 3.8) is 0 Å². The van der Waals surface area contributed by atoms with Crippen LogP contribution in [0, 0.1) is 0 Å². The first-order valence-electron chi connectivity index (χ1n) is 9.52. The molecular formula is C20H25FN6O3. The van der Waals surface area contributed by atoms with Gasteiger partial charge in [0.15, 0.2) is 5.65 Å². The fraction of sp³-hybridized carbons (Fsp3) is 0.400. The van der Waals surface area contributed by atoms with Crippen LogP contribution in [0.25, 0.3) is 17.0 Å². The first kappa shape index (κ1) is 21.6. The predicted molar refractivity (Wildman–Crippen MR) is 110 cm³/mol. The third-order valence-corrected chi connectivity index (χ3v) is 4.57. The van der Waals surface area contributed by atoms with Gasteiger partial charge in [0, 0.05) is 18.4 Å². The summed E-state index contributed by atoms with van der Waals surface area (Å²) < 4.78 is 15.6. The number of carbonyl (C=O) groups is 1. The Labute approximate surface area is 173 Å². The van der Waals surface area contributed by atoms with Gasteiger partial charge in [-0.15, -0.1) is 0 Å². The Kier molecular flexibility index (Phi) is 6.28. The van der Waals surface area contributed by atoms with Gasteiger partial charge in [0.2, 0.25) is 0 Å². The molecule has 160 valence electrons. The second-order valence-electron chi connectivity index (χ2n) is 7.61. The van der Waals surface area contributed by atoms with Crippen molar-refractivity contribution in [3.8, 4) is 11.4 Å². The van der Waals surface area contributed by atoms with Gasteiger partial charge in [0.25, 0.3) is 5.91 Å². The minimum Gasteiger partial charge on any atom is -0.394 e. The van der Waals surface area contributed by atoms with Crippen LogP contribution in [-0.4, -0.2) is 66.7 Å². The van der Waals surface area contributed by atoms with E-state index in [4.69, 9.17) is 0 Å². The Morgan fingerprint density at radius 3 is 2.80 bits per heavy atom. The van der Waals surface area contributed by atoms with Crippen molar-refractivity contribution in [1.82, 2.24) is 24.9 Å². The van der Waals surface area contributed by atoms with Crippen molar-refractivity contribution in [2.24, 2.45) is 0 Å². The molecule has 30 heavy (non-hydrogen) atoms. The number of nitrogens with one attached hydrogen (secondary N) is 2. The van der Waals surface area contributed by atoms with Gasteiger partial charge >= 0.3 is 0 Å². The van der Waals surface area contributed by atoms with E-state index in [9.17, 15) is 19.4 Å². The fourth-order valence-electron chi connectivity index (χ4n) is 2.74. The Balaban J connectivity index is 1.92. The summed E-state index contributed by atoms with van der Waals surface area (Å²) in [5, 5.41) is 28.9. The molecule has 0 radical (unpaired) electrons. The zero-order chi connectivity index (χ0) is 21.9. The molecule has 0 saturated heterocycles. The highest BCUT2D eigenvalue weighted by Crippen LogP contribution is 2.24. The van der Waals surface area contributed by atoms with Crippen molar-refractivity contribution in [2.45, 2.75) is 38.6 Å². The van der Waals surface area contributed by atoms with Crippen LogP contribution in [0.2, 0.25) is 0 Å². The van der Waals surface area contributed by atoms with Crippen LogP contribution in [0.4, 0.5) is 10.1 Å². The molecule has 0 bridgehead atoms. The number of halogens is 1. The molecule has 3 aromatic rings. The molecule has 0 aliphatic heterocycles. The molecule has 1 amide bonds. The molecule has 0 aliphatic carbocycles. The molecule has 4 N–H and O–H groups in total. The SMILES string of the molecule is C[C@@H](CO)Nc1cc(-c2cnc3cccnn23)ncc1C(=O)NC[C@@H](F)C(C)(C)O. The molecule has 0 unspecified atom stereocenters. The molecule has 3 heterocycles. The monoisotopic (exact) mass is 416 g/mol. The molecule has 0 aromatic carbocycles. The highest BCUT2D eigenvalue weighted by Gasteiger charge is 2.27. The number of nitrogens with zero attached hydrogens (tertiary/aromatic N) is 4. The molecule has 3 aromatic heterocycles. The third kappa shape index (κ3) is 4.71. The van der Waals surface area contributed by atoms with Gasteiger partial charge in [-0.05, 0) is 39.0 Å². The zero-order valence-electron chi connectivity index (χ0n) is 17.0. The minimum atomic E-state index is -1.63. The number of amides is 1. The van der Waals surface area contributed by atoms with Crippen molar-refractivity contribution in [2.75, 3.05) is 18.5 Å². The number of aliphatic hydroxyl groups excluding tert-OH is 1. The Bertz CT molecular complexity index is 1030. The van der Waals surface area contributed by atoms with E-state index in [0.29, 0.717) is 22.7 Å². The average molecular weight is 416 g/mol. The van der Waals surface area contributed by atoms with Gasteiger partial charge in [-0.2, -0.15) is 5.10 Å². The molecular weight excluding hydrogens is 391 g/mol.